The number of hydrogen-bond donors (Lipinski definition) is 1. The molecule has 1 saturated heterocycles. The highest BCUT2D eigenvalue weighted by atomic mass is 32.2. The fourth-order valence-corrected chi connectivity index (χ4v) is 3.10. The average molecular weight is 275 g/mol. The lowest BCUT2D eigenvalue weighted by molar-refractivity contribution is -0.185. The first-order valence-corrected chi connectivity index (χ1v) is 6.66. The van der Waals surface area contributed by atoms with Gasteiger partial charge in [-0.3, -0.25) is 4.79 Å². The number of ether oxygens (including phenoxy) is 1. The van der Waals surface area contributed by atoms with Crippen molar-refractivity contribution >= 4 is 15.8 Å². The Morgan fingerprint density at radius 3 is 2.53 bits per heavy atom. The van der Waals surface area contributed by atoms with Crippen molar-refractivity contribution in [2.75, 3.05) is 24.7 Å². The van der Waals surface area contributed by atoms with Crippen molar-refractivity contribution in [1.82, 2.24) is 5.32 Å². The van der Waals surface area contributed by atoms with Crippen LogP contribution >= 0.6 is 0 Å². The average Bonchev–Trinajstić information content (AvgIpc) is 2.51. The van der Waals surface area contributed by atoms with Gasteiger partial charge < -0.3 is 10.1 Å². The molecule has 0 amide bonds. The summed E-state index contributed by atoms with van der Waals surface area (Å²) < 4.78 is 61.1. The molecule has 1 rings (SSSR count). The molecule has 0 aromatic heterocycles. The van der Waals surface area contributed by atoms with Crippen LogP contribution in [-0.4, -0.2) is 51.3 Å². The predicted octanol–water partition coefficient (Wildman–Crippen LogP) is -0.131. The molecular formula is C8H12F3NO4S. The summed E-state index contributed by atoms with van der Waals surface area (Å²) in [4.78, 5) is 10.9. The van der Waals surface area contributed by atoms with Gasteiger partial charge in [0.15, 0.2) is 16.4 Å². The molecule has 1 aliphatic heterocycles. The molecule has 1 fully saturated rings. The quantitative estimate of drug-likeness (QED) is 0.723. The Bertz CT molecular complexity index is 379. The molecule has 5 nitrogen and oxygen atoms in total. The summed E-state index contributed by atoms with van der Waals surface area (Å²) in [6.07, 6.45) is -4.19. The van der Waals surface area contributed by atoms with E-state index in [2.05, 4.69) is 10.1 Å². The molecule has 0 aromatic carbocycles. The van der Waals surface area contributed by atoms with E-state index < -0.39 is 41.2 Å². The third kappa shape index (κ3) is 5.87. The van der Waals surface area contributed by atoms with Gasteiger partial charge in [-0.05, 0) is 6.42 Å². The molecule has 0 radical (unpaired) electrons. The molecule has 1 aliphatic rings. The number of alkyl halides is 3. The number of hydrogen-bond acceptors (Lipinski definition) is 5. The summed E-state index contributed by atoms with van der Waals surface area (Å²) in [7, 11) is -3.07. The Hall–Kier alpha value is -0.830. The van der Waals surface area contributed by atoms with Crippen molar-refractivity contribution in [3.8, 4) is 0 Å². The fourth-order valence-electron chi connectivity index (χ4n) is 1.40. The van der Waals surface area contributed by atoms with E-state index in [0.29, 0.717) is 6.42 Å². The van der Waals surface area contributed by atoms with Crippen LogP contribution in [0.5, 0.6) is 0 Å². The highest BCUT2D eigenvalue weighted by molar-refractivity contribution is 7.91. The third-order valence-electron chi connectivity index (χ3n) is 2.16. The summed E-state index contributed by atoms with van der Waals surface area (Å²) in [6.45, 7) is -2.05. The van der Waals surface area contributed by atoms with Gasteiger partial charge in [-0.1, -0.05) is 0 Å². The Balaban J connectivity index is 2.21. The molecule has 9 heteroatoms. The van der Waals surface area contributed by atoms with E-state index in [0.717, 1.165) is 0 Å². The van der Waals surface area contributed by atoms with Crippen molar-refractivity contribution in [2.45, 2.75) is 18.6 Å². The van der Waals surface area contributed by atoms with E-state index in [-0.39, 0.29) is 11.5 Å². The number of carbonyl (C=O) groups excluding carboxylic acids is 1. The second kappa shape index (κ2) is 5.21. The van der Waals surface area contributed by atoms with Gasteiger partial charge in [0, 0.05) is 6.04 Å². The molecule has 0 bridgehead atoms. The summed E-state index contributed by atoms with van der Waals surface area (Å²) in [5.41, 5.74) is 0. The Labute approximate surface area is 96.2 Å². The molecule has 0 unspecified atom stereocenters. The molecule has 1 N–H and O–H groups in total. The SMILES string of the molecule is O=C(CN[C@@H]1CCS(=O)(=O)C1)OCC(F)(F)F. The van der Waals surface area contributed by atoms with Crippen molar-refractivity contribution in [1.29, 1.82) is 0 Å². The lowest BCUT2D eigenvalue weighted by atomic mass is 10.3. The monoisotopic (exact) mass is 275 g/mol. The maximum absolute atomic E-state index is 11.7. The van der Waals surface area contributed by atoms with Gasteiger partial charge in [0.1, 0.15) is 0 Å². The van der Waals surface area contributed by atoms with Gasteiger partial charge in [0.25, 0.3) is 0 Å². The predicted molar refractivity (Wildman–Crippen MR) is 52.1 cm³/mol. The zero-order valence-electron chi connectivity index (χ0n) is 8.79. The van der Waals surface area contributed by atoms with E-state index in [1.54, 1.807) is 0 Å². The van der Waals surface area contributed by atoms with E-state index in [1.165, 1.54) is 0 Å². The van der Waals surface area contributed by atoms with Crippen LogP contribution in [0.4, 0.5) is 13.2 Å². The lowest BCUT2D eigenvalue weighted by Gasteiger charge is -2.11. The van der Waals surface area contributed by atoms with Crippen molar-refractivity contribution < 1.29 is 31.1 Å². The van der Waals surface area contributed by atoms with E-state index in [1.807, 2.05) is 0 Å². The number of esters is 1. The van der Waals surface area contributed by atoms with Crippen LogP contribution in [0, 0.1) is 0 Å². The fraction of sp³-hybridized carbons (Fsp3) is 0.875. The van der Waals surface area contributed by atoms with E-state index >= 15 is 0 Å². The number of sulfone groups is 1. The van der Waals surface area contributed by atoms with E-state index in [9.17, 15) is 26.4 Å². The normalized spacial score (nSPS) is 23.6. The Kier molecular flexibility index (Phi) is 4.36. The molecule has 100 valence electrons. The van der Waals surface area contributed by atoms with Crippen LogP contribution in [0.3, 0.4) is 0 Å². The Morgan fingerprint density at radius 1 is 1.41 bits per heavy atom. The first-order chi connectivity index (χ1) is 7.68. The van der Waals surface area contributed by atoms with Crippen molar-refractivity contribution in [3.63, 3.8) is 0 Å². The number of halogens is 3. The zero-order valence-corrected chi connectivity index (χ0v) is 9.60. The summed E-state index contributed by atoms with van der Waals surface area (Å²) in [6, 6.07) is -0.390. The third-order valence-corrected chi connectivity index (χ3v) is 3.93. The molecule has 0 aromatic rings. The minimum atomic E-state index is -4.55. The minimum absolute atomic E-state index is 0.0300. The highest BCUT2D eigenvalue weighted by Crippen LogP contribution is 2.14. The molecule has 1 heterocycles. The largest absolute Gasteiger partial charge is 0.455 e. The van der Waals surface area contributed by atoms with Crippen LogP contribution in [-0.2, 0) is 19.4 Å². The standard InChI is InChI=1S/C8H12F3NO4S/c9-8(10,11)5-16-7(13)3-12-6-1-2-17(14,15)4-6/h6,12H,1-5H2/t6-/m1/s1. The summed E-state index contributed by atoms with van der Waals surface area (Å²) in [5.74, 6) is -1.12. The van der Waals surface area contributed by atoms with Gasteiger partial charge in [-0.2, -0.15) is 13.2 Å². The van der Waals surface area contributed by atoms with Gasteiger partial charge in [-0.25, -0.2) is 8.42 Å². The van der Waals surface area contributed by atoms with Gasteiger partial charge in [0.05, 0.1) is 18.1 Å². The number of rotatable bonds is 4. The lowest BCUT2D eigenvalue weighted by Crippen LogP contribution is -2.36. The van der Waals surface area contributed by atoms with Crippen molar-refractivity contribution in [2.24, 2.45) is 0 Å². The summed E-state index contributed by atoms with van der Waals surface area (Å²) in [5, 5.41) is 2.55. The number of carbonyl (C=O) groups is 1. The first kappa shape index (κ1) is 14.2. The van der Waals surface area contributed by atoms with Gasteiger partial charge in [-0.15, -0.1) is 0 Å². The minimum Gasteiger partial charge on any atom is -0.455 e. The maximum Gasteiger partial charge on any atom is 0.422 e. The van der Waals surface area contributed by atoms with Gasteiger partial charge >= 0.3 is 12.1 Å². The van der Waals surface area contributed by atoms with Crippen LogP contribution < -0.4 is 5.32 Å². The molecule has 0 spiro atoms. The maximum atomic E-state index is 11.7. The van der Waals surface area contributed by atoms with E-state index in [4.69, 9.17) is 0 Å². The second-order valence-corrected chi connectivity index (χ2v) is 5.99. The molecule has 1 atom stereocenters. The zero-order chi connectivity index (χ0) is 13.1. The van der Waals surface area contributed by atoms with Crippen LogP contribution in [0.15, 0.2) is 0 Å². The smallest absolute Gasteiger partial charge is 0.422 e. The molecule has 17 heavy (non-hydrogen) atoms. The molecule has 0 saturated carbocycles. The molecular weight excluding hydrogens is 263 g/mol. The highest BCUT2D eigenvalue weighted by Gasteiger charge is 2.30. The van der Waals surface area contributed by atoms with Gasteiger partial charge in [0.2, 0.25) is 0 Å². The first-order valence-electron chi connectivity index (χ1n) is 4.84. The summed E-state index contributed by atoms with van der Waals surface area (Å²) >= 11 is 0. The topological polar surface area (TPSA) is 72.5 Å². The molecule has 0 aliphatic carbocycles. The van der Waals surface area contributed by atoms with Crippen LogP contribution in [0.1, 0.15) is 6.42 Å². The van der Waals surface area contributed by atoms with Crippen LogP contribution in [0.25, 0.3) is 0 Å². The number of nitrogens with one attached hydrogen (secondary N) is 1. The van der Waals surface area contributed by atoms with Crippen LogP contribution in [0.2, 0.25) is 0 Å². The Morgan fingerprint density at radius 2 is 2.06 bits per heavy atom. The van der Waals surface area contributed by atoms with Crippen molar-refractivity contribution in [3.05, 3.63) is 0 Å². The second-order valence-electron chi connectivity index (χ2n) is 3.76.